The molecule has 1 aromatic heterocycles. The second-order valence-electron chi connectivity index (χ2n) is 6.66. The molecule has 0 aliphatic carbocycles. The number of carbonyl (C=O) groups is 1. The highest BCUT2D eigenvalue weighted by atomic mass is 19.4. The number of hydrogen-bond acceptors (Lipinski definition) is 6. The molecule has 3 aromatic rings. The minimum absolute atomic E-state index is 0.0741. The molecule has 180 valence electrons. The molecule has 3 rings (SSSR count). The Morgan fingerprint density at radius 3 is 2.29 bits per heavy atom. The van der Waals surface area contributed by atoms with Crippen molar-refractivity contribution in [1.29, 1.82) is 0 Å². The summed E-state index contributed by atoms with van der Waals surface area (Å²) in [5, 5.41) is 2.70. The summed E-state index contributed by atoms with van der Waals surface area (Å²) >= 11 is 0. The van der Waals surface area contributed by atoms with Crippen LogP contribution in [0.5, 0.6) is 5.75 Å². The molecule has 13 heteroatoms. The van der Waals surface area contributed by atoms with Crippen LogP contribution >= 0.6 is 0 Å². The zero-order valence-electron chi connectivity index (χ0n) is 16.8. The van der Waals surface area contributed by atoms with Gasteiger partial charge in [-0.1, -0.05) is 30.3 Å². The molecule has 1 heterocycles. The van der Waals surface area contributed by atoms with E-state index < -0.39 is 36.2 Å². The van der Waals surface area contributed by atoms with Crippen molar-refractivity contribution >= 4 is 11.8 Å². The predicted molar refractivity (Wildman–Crippen MR) is 104 cm³/mol. The number of carbonyl (C=O) groups excluding carboxylic acids is 1. The normalized spacial score (nSPS) is 12.7. The fourth-order valence-corrected chi connectivity index (χ4v) is 2.77. The fourth-order valence-electron chi connectivity index (χ4n) is 2.77. The van der Waals surface area contributed by atoms with Crippen LogP contribution in [0.2, 0.25) is 0 Å². The van der Waals surface area contributed by atoms with Crippen LogP contribution in [0.1, 0.15) is 11.7 Å². The maximum absolute atomic E-state index is 14.0. The largest absolute Gasteiger partial charge is 0.573 e. The van der Waals surface area contributed by atoms with E-state index in [0.717, 1.165) is 24.5 Å². The predicted octanol–water partition coefficient (Wildman–Crippen LogP) is 5.44. The molecule has 1 N–H and O–H groups in total. The molecule has 0 radical (unpaired) electrons. The van der Waals surface area contributed by atoms with Gasteiger partial charge in [0.25, 0.3) is 0 Å². The van der Waals surface area contributed by atoms with Crippen molar-refractivity contribution in [3.63, 3.8) is 0 Å². The topological polar surface area (TPSA) is 73.3 Å². The minimum atomic E-state index is -5.19. The summed E-state index contributed by atoms with van der Waals surface area (Å²) in [7, 11) is 0. The van der Waals surface area contributed by atoms with Gasteiger partial charge < -0.3 is 14.8 Å². The van der Waals surface area contributed by atoms with Crippen LogP contribution < -0.4 is 10.1 Å². The molecular formula is C21H14F7N3O3. The molecule has 0 amide bonds. The molecule has 0 saturated heterocycles. The van der Waals surface area contributed by atoms with Gasteiger partial charge in [0.05, 0.1) is 12.2 Å². The maximum atomic E-state index is 14.0. The quantitative estimate of drug-likeness (QED) is 0.352. The first-order chi connectivity index (χ1) is 15.9. The molecule has 0 aliphatic heterocycles. The van der Waals surface area contributed by atoms with Crippen molar-refractivity contribution in [1.82, 2.24) is 9.97 Å². The van der Waals surface area contributed by atoms with E-state index >= 15 is 0 Å². The SMILES string of the molecule is O=C(O[C@@H](CNc1cc(-c2ccc(OC(F)(F)F)c(F)c2)ncn1)c1ccccc1)C(F)(F)F. The van der Waals surface area contributed by atoms with Gasteiger partial charge in [-0.3, -0.25) is 0 Å². The lowest BCUT2D eigenvalue weighted by Crippen LogP contribution is -2.29. The first-order valence-electron chi connectivity index (χ1n) is 9.37. The third kappa shape index (κ3) is 6.80. The Morgan fingerprint density at radius 1 is 0.971 bits per heavy atom. The zero-order chi connectivity index (χ0) is 24.9. The van der Waals surface area contributed by atoms with Crippen molar-refractivity contribution < 1.29 is 45.0 Å². The lowest BCUT2D eigenvalue weighted by Gasteiger charge is -2.20. The van der Waals surface area contributed by atoms with Gasteiger partial charge in [-0.05, 0) is 23.8 Å². The van der Waals surface area contributed by atoms with Crippen molar-refractivity contribution in [2.45, 2.75) is 18.6 Å². The number of nitrogens with zero attached hydrogens (tertiary/aromatic N) is 2. The van der Waals surface area contributed by atoms with E-state index in [1.165, 1.54) is 18.2 Å². The van der Waals surface area contributed by atoms with E-state index in [1.807, 2.05) is 0 Å². The van der Waals surface area contributed by atoms with Gasteiger partial charge in [0.2, 0.25) is 0 Å². The van der Waals surface area contributed by atoms with Crippen molar-refractivity contribution in [3.05, 3.63) is 72.3 Å². The second-order valence-corrected chi connectivity index (χ2v) is 6.66. The molecule has 0 saturated carbocycles. The van der Waals surface area contributed by atoms with Gasteiger partial charge in [-0.2, -0.15) is 13.2 Å². The van der Waals surface area contributed by atoms with Gasteiger partial charge in [-0.15, -0.1) is 13.2 Å². The Balaban J connectivity index is 1.77. The van der Waals surface area contributed by atoms with Crippen LogP contribution in [0.4, 0.5) is 36.6 Å². The lowest BCUT2D eigenvalue weighted by atomic mass is 10.1. The van der Waals surface area contributed by atoms with Crippen molar-refractivity contribution in [3.8, 4) is 17.0 Å². The van der Waals surface area contributed by atoms with Gasteiger partial charge in [0.1, 0.15) is 18.2 Å². The number of aromatic nitrogens is 2. The number of anilines is 1. The average Bonchev–Trinajstić information content (AvgIpc) is 2.77. The minimum Gasteiger partial charge on any atom is -0.449 e. The first-order valence-corrected chi connectivity index (χ1v) is 9.37. The Bertz CT molecular complexity index is 1140. The molecule has 0 unspecified atom stereocenters. The van der Waals surface area contributed by atoms with E-state index in [-0.39, 0.29) is 29.2 Å². The fraction of sp³-hybridized carbons (Fsp3) is 0.190. The number of hydrogen-bond donors (Lipinski definition) is 1. The monoisotopic (exact) mass is 489 g/mol. The molecular weight excluding hydrogens is 475 g/mol. The summed E-state index contributed by atoms with van der Waals surface area (Å²) in [4.78, 5) is 19.1. The summed E-state index contributed by atoms with van der Waals surface area (Å²) in [6.07, 6.45) is -10.5. The Labute approximate surface area is 187 Å². The van der Waals surface area contributed by atoms with Crippen LogP contribution in [0, 0.1) is 5.82 Å². The number of alkyl halides is 6. The smallest absolute Gasteiger partial charge is 0.449 e. The molecule has 0 bridgehead atoms. The number of esters is 1. The second kappa shape index (κ2) is 9.93. The summed E-state index contributed by atoms with van der Waals surface area (Å²) in [5.74, 6) is -4.61. The summed E-state index contributed by atoms with van der Waals surface area (Å²) in [5.41, 5.74) is 0.461. The van der Waals surface area contributed by atoms with Crippen LogP contribution in [0.15, 0.2) is 60.9 Å². The molecule has 6 nitrogen and oxygen atoms in total. The number of benzene rings is 2. The molecule has 0 spiro atoms. The molecule has 0 aliphatic rings. The maximum Gasteiger partial charge on any atom is 0.573 e. The molecule has 34 heavy (non-hydrogen) atoms. The lowest BCUT2D eigenvalue weighted by molar-refractivity contribution is -0.275. The standard InChI is InChI=1S/C21H14F7N3O3/c22-14-8-13(6-7-16(14)34-21(26,27)28)15-9-18(31-11-30-15)29-10-17(12-4-2-1-3-5-12)33-19(32)20(23,24)25/h1-9,11,17H,10H2,(H,29,30,31)/t17-/m0/s1. The Kier molecular flexibility index (Phi) is 7.23. The van der Waals surface area contributed by atoms with E-state index in [4.69, 9.17) is 0 Å². The first kappa shape index (κ1) is 24.7. The third-order valence-corrected chi connectivity index (χ3v) is 4.24. The van der Waals surface area contributed by atoms with Gasteiger partial charge in [-0.25, -0.2) is 19.2 Å². The number of nitrogens with one attached hydrogen (secondary N) is 1. The van der Waals surface area contributed by atoms with Gasteiger partial charge >= 0.3 is 18.5 Å². The molecule has 0 fully saturated rings. The van der Waals surface area contributed by atoms with Crippen LogP contribution in [-0.4, -0.2) is 35.0 Å². The van der Waals surface area contributed by atoms with Crippen molar-refractivity contribution in [2.75, 3.05) is 11.9 Å². The Hall–Kier alpha value is -3.90. The zero-order valence-corrected chi connectivity index (χ0v) is 16.8. The van der Waals surface area contributed by atoms with Crippen LogP contribution in [0.3, 0.4) is 0 Å². The summed E-state index contributed by atoms with van der Waals surface area (Å²) in [6.45, 7) is -0.311. The van der Waals surface area contributed by atoms with E-state index in [0.29, 0.717) is 0 Å². The van der Waals surface area contributed by atoms with E-state index in [9.17, 15) is 35.5 Å². The molecule has 1 atom stereocenters. The number of halogens is 7. The summed E-state index contributed by atoms with van der Waals surface area (Å²) < 4.78 is 97.1. The highest BCUT2D eigenvalue weighted by molar-refractivity contribution is 5.76. The van der Waals surface area contributed by atoms with E-state index in [1.54, 1.807) is 18.2 Å². The highest BCUT2D eigenvalue weighted by Crippen LogP contribution is 2.30. The summed E-state index contributed by atoms with van der Waals surface area (Å²) in [6, 6.07) is 11.6. The number of rotatable bonds is 7. The average molecular weight is 489 g/mol. The van der Waals surface area contributed by atoms with E-state index in [2.05, 4.69) is 24.8 Å². The van der Waals surface area contributed by atoms with Crippen LogP contribution in [0.25, 0.3) is 11.3 Å². The Morgan fingerprint density at radius 2 is 1.68 bits per heavy atom. The van der Waals surface area contributed by atoms with Gasteiger partial charge in [0.15, 0.2) is 11.6 Å². The molecule has 2 aromatic carbocycles. The highest BCUT2D eigenvalue weighted by Gasteiger charge is 2.42. The van der Waals surface area contributed by atoms with Crippen molar-refractivity contribution in [2.24, 2.45) is 0 Å². The van der Waals surface area contributed by atoms with Gasteiger partial charge in [0, 0.05) is 11.6 Å². The van der Waals surface area contributed by atoms with Crippen LogP contribution in [-0.2, 0) is 9.53 Å². The number of ether oxygens (including phenoxy) is 2. The third-order valence-electron chi connectivity index (χ3n) is 4.24.